The molecule has 0 bridgehead atoms. The van der Waals surface area contributed by atoms with Gasteiger partial charge in [0.2, 0.25) is 6.41 Å². The van der Waals surface area contributed by atoms with Crippen LogP contribution in [0.15, 0.2) is 23.7 Å². The molecule has 0 spiro atoms. The maximum absolute atomic E-state index is 10.1. The summed E-state index contributed by atoms with van der Waals surface area (Å²) in [5.41, 5.74) is 0. The first-order valence-electron chi connectivity index (χ1n) is 3.63. The predicted octanol–water partition coefficient (Wildman–Crippen LogP) is 0.477. The zero-order valence-electron chi connectivity index (χ0n) is 6.78. The lowest BCUT2D eigenvalue weighted by Crippen LogP contribution is -2.27. The normalized spacial score (nSPS) is 22.2. The fraction of sp³-hybridized carbons (Fsp3) is 0.375. The molecule has 4 nitrogen and oxygen atoms in total. The van der Waals surface area contributed by atoms with E-state index in [2.05, 4.69) is 5.32 Å². The summed E-state index contributed by atoms with van der Waals surface area (Å²) in [7, 11) is 1.49. The SMILES string of the molecule is COC1=CCC(NC=O)C=C1O. The van der Waals surface area contributed by atoms with Crippen LogP contribution in [0.25, 0.3) is 0 Å². The Morgan fingerprint density at radius 1 is 1.83 bits per heavy atom. The average molecular weight is 169 g/mol. The Balaban J connectivity index is 2.62. The summed E-state index contributed by atoms with van der Waals surface area (Å²) in [5.74, 6) is 0.530. The summed E-state index contributed by atoms with van der Waals surface area (Å²) in [6.07, 6.45) is 4.54. The van der Waals surface area contributed by atoms with Crippen LogP contribution in [0.2, 0.25) is 0 Å². The molecule has 0 fully saturated rings. The molecule has 0 saturated carbocycles. The summed E-state index contributed by atoms with van der Waals surface area (Å²) >= 11 is 0. The number of hydrogen-bond acceptors (Lipinski definition) is 3. The zero-order valence-corrected chi connectivity index (χ0v) is 6.78. The molecule has 1 rings (SSSR count). The number of hydrogen-bond donors (Lipinski definition) is 2. The summed E-state index contributed by atoms with van der Waals surface area (Å²) in [6.45, 7) is 0. The minimum Gasteiger partial charge on any atom is -0.504 e. The van der Waals surface area contributed by atoms with Crippen molar-refractivity contribution >= 4 is 6.41 Å². The van der Waals surface area contributed by atoms with Crippen LogP contribution in [0.3, 0.4) is 0 Å². The van der Waals surface area contributed by atoms with E-state index in [0.29, 0.717) is 18.6 Å². The first-order chi connectivity index (χ1) is 5.77. The maximum atomic E-state index is 10.1. The largest absolute Gasteiger partial charge is 0.504 e. The van der Waals surface area contributed by atoms with Crippen LogP contribution >= 0.6 is 0 Å². The van der Waals surface area contributed by atoms with Crippen molar-refractivity contribution in [2.24, 2.45) is 0 Å². The van der Waals surface area contributed by atoms with E-state index >= 15 is 0 Å². The van der Waals surface area contributed by atoms with Crippen molar-refractivity contribution in [3.05, 3.63) is 23.7 Å². The number of carbonyl (C=O) groups is 1. The van der Waals surface area contributed by atoms with Crippen LogP contribution in [0, 0.1) is 0 Å². The van der Waals surface area contributed by atoms with Crippen LogP contribution in [0.4, 0.5) is 0 Å². The molecule has 0 heterocycles. The number of methoxy groups -OCH3 is 1. The van der Waals surface area contributed by atoms with Crippen molar-refractivity contribution in [1.29, 1.82) is 0 Å². The van der Waals surface area contributed by atoms with Gasteiger partial charge in [-0.1, -0.05) is 0 Å². The van der Waals surface area contributed by atoms with Gasteiger partial charge in [-0.05, 0) is 18.6 Å². The van der Waals surface area contributed by atoms with Crippen LogP contribution in [-0.4, -0.2) is 24.7 Å². The van der Waals surface area contributed by atoms with Gasteiger partial charge in [-0.3, -0.25) is 4.79 Å². The lowest BCUT2D eigenvalue weighted by molar-refractivity contribution is -0.109. The number of aliphatic hydroxyl groups is 1. The molecule has 4 heteroatoms. The second-order valence-corrected chi connectivity index (χ2v) is 2.45. The van der Waals surface area contributed by atoms with E-state index in [4.69, 9.17) is 4.74 Å². The third-order valence-corrected chi connectivity index (χ3v) is 1.67. The number of nitrogens with one attached hydrogen (secondary N) is 1. The number of rotatable bonds is 3. The minimum absolute atomic E-state index is 0.0723. The molecule has 1 unspecified atom stereocenters. The Bertz CT molecular complexity index is 232. The molecule has 1 atom stereocenters. The van der Waals surface area contributed by atoms with E-state index in [0.717, 1.165) is 0 Å². The predicted molar refractivity (Wildman–Crippen MR) is 43.4 cm³/mol. The van der Waals surface area contributed by atoms with Crippen LogP contribution in [0.5, 0.6) is 0 Å². The van der Waals surface area contributed by atoms with Gasteiger partial charge in [0.15, 0.2) is 11.5 Å². The highest BCUT2D eigenvalue weighted by Gasteiger charge is 2.13. The molecule has 0 radical (unpaired) electrons. The Hall–Kier alpha value is -1.45. The van der Waals surface area contributed by atoms with Gasteiger partial charge in [0.05, 0.1) is 13.2 Å². The van der Waals surface area contributed by atoms with E-state index in [9.17, 15) is 9.90 Å². The smallest absolute Gasteiger partial charge is 0.207 e. The van der Waals surface area contributed by atoms with Gasteiger partial charge in [-0.25, -0.2) is 0 Å². The van der Waals surface area contributed by atoms with Gasteiger partial charge in [0.25, 0.3) is 0 Å². The van der Waals surface area contributed by atoms with Crippen molar-refractivity contribution < 1.29 is 14.6 Å². The van der Waals surface area contributed by atoms with Gasteiger partial charge in [-0.15, -0.1) is 0 Å². The number of amides is 1. The third-order valence-electron chi connectivity index (χ3n) is 1.67. The average Bonchev–Trinajstić information content (AvgIpc) is 2.05. The van der Waals surface area contributed by atoms with E-state index in [1.165, 1.54) is 7.11 Å². The molecule has 66 valence electrons. The van der Waals surface area contributed by atoms with Gasteiger partial charge >= 0.3 is 0 Å². The lowest BCUT2D eigenvalue weighted by Gasteiger charge is -2.16. The molecule has 0 aromatic carbocycles. The first kappa shape index (κ1) is 8.64. The summed E-state index contributed by atoms with van der Waals surface area (Å²) in [5, 5.41) is 11.8. The second kappa shape index (κ2) is 3.80. The Kier molecular flexibility index (Phi) is 2.74. The van der Waals surface area contributed by atoms with Crippen LogP contribution in [0.1, 0.15) is 6.42 Å². The molecule has 1 aliphatic carbocycles. The van der Waals surface area contributed by atoms with Gasteiger partial charge in [-0.2, -0.15) is 0 Å². The second-order valence-electron chi connectivity index (χ2n) is 2.45. The highest BCUT2D eigenvalue weighted by Crippen LogP contribution is 2.16. The molecule has 0 aliphatic heterocycles. The Morgan fingerprint density at radius 2 is 2.58 bits per heavy atom. The molecule has 12 heavy (non-hydrogen) atoms. The number of aliphatic hydroxyl groups excluding tert-OH is 1. The van der Waals surface area contributed by atoms with Gasteiger partial charge < -0.3 is 15.2 Å². The van der Waals surface area contributed by atoms with Crippen molar-refractivity contribution in [1.82, 2.24) is 5.32 Å². The van der Waals surface area contributed by atoms with Crippen molar-refractivity contribution in [2.75, 3.05) is 7.11 Å². The van der Waals surface area contributed by atoms with Gasteiger partial charge in [0, 0.05) is 0 Å². The van der Waals surface area contributed by atoms with E-state index < -0.39 is 0 Å². The Labute approximate surface area is 70.5 Å². The summed E-state index contributed by atoms with van der Waals surface area (Å²) in [6, 6.07) is -0.124. The van der Waals surface area contributed by atoms with E-state index in [-0.39, 0.29) is 11.8 Å². The zero-order chi connectivity index (χ0) is 8.97. The molecule has 0 saturated heterocycles. The molecule has 1 amide bonds. The van der Waals surface area contributed by atoms with Crippen LogP contribution < -0.4 is 5.32 Å². The molecule has 0 aromatic heterocycles. The highest BCUT2D eigenvalue weighted by molar-refractivity contribution is 5.48. The van der Waals surface area contributed by atoms with Crippen molar-refractivity contribution in [2.45, 2.75) is 12.5 Å². The highest BCUT2D eigenvalue weighted by atomic mass is 16.5. The summed E-state index contributed by atoms with van der Waals surface area (Å²) < 4.78 is 4.86. The first-order valence-corrected chi connectivity index (χ1v) is 3.63. The van der Waals surface area contributed by atoms with E-state index in [1.807, 2.05) is 0 Å². The number of carbonyl (C=O) groups excluding carboxylic acids is 1. The topological polar surface area (TPSA) is 58.6 Å². The van der Waals surface area contributed by atoms with E-state index in [1.54, 1.807) is 12.2 Å². The molecular formula is C8H11NO3. The van der Waals surface area contributed by atoms with Crippen molar-refractivity contribution in [3.63, 3.8) is 0 Å². The Morgan fingerprint density at radius 3 is 3.08 bits per heavy atom. The quantitative estimate of drug-likeness (QED) is 0.604. The van der Waals surface area contributed by atoms with Gasteiger partial charge in [0.1, 0.15) is 0 Å². The fourth-order valence-corrected chi connectivity index (χ4v) is 1.07. The van der Waals surface area contributed by atoms with Crippen molar-refractivity contribution in [3.8, 4) is 0 Å². The molecule has 1 aliphatic rings. The third kappa shape index (κ3) is 1.78. The standard InChI is InChI=1S/C8H11NO3/c1-12-8-3-2-6(9-5-10)4-7(8)11/h3-6,11H,2H2,1H3,(H,9,10). The monoisotopic (exact) mass is 169 g/mol. The maximum Gasteiger partial charge on any atom is 0.207 e. The molecule has 2 N–H and O–H groups in total. The lowest BCUT2D eigenvalue weighted by atomic mass is 10.1. The number of ether oxygens (including phenoxy) is 1. The minimum atomic E-state index is -0.124. The van der Waals surface area contributed by atoms with Crippen LogP contribution in [-0.2, 0) is 9.53 Å². The molecular weight excluding hydrogens is 158 g/mol. The summed E-state index contributed by atoms with van der Waals surface area (Å²) in [4.78, 5) is 10.1. The molecule has 0 aromatic rings. The fourth-order valence-electron chi connectivity index (χ4n) is 1.07.